The van der Waals surface area contributed by atoms with Gasteiger partial charge in [-0.25, -0.2) is 0 Å². The van der Waals surface area contributed by atoms with E-state index in [2.05, 4.69) is 0 Å². The molecule has 0 saturated carbocycles. The van der Waals surface area contributed by atoms with Gasteiger partial charge in [0.15, 0.2) is 5.82 Å². The SMILES string of the molecule is CCCN(Cc1ccc(CN)cc1)C(N)=C[N+](=O)[O-]. The molecule has 0 saturated heterocycles. The Balaban J connectivity index is 2.79. The molecule has 0 aromatic heterocycles. The highest BCUT2D eigenvalue weighted by atomic mass is 16.6. The smallest absolute Gasteiger partial charge is 0.274 e. The zero-order valence-corrected chi connectivity index (χ0v) is 11.1. The van der Waals surface area contributed by atoms with E-state index in [0.29, 0.717) is 19.6 Å². The maximum Gasteiger partial charge on any atom is 0.274 e. The zero-order valence-electron chi connectivity index (χ0n) is 11.1. The minimum atomic E-state index is -0.532. The molecule has 1 rings (SSSR count). The summed E-state index contributed by atoms with van der Waals surface area (Å²) in [5, 5.41) is 10.5. The van der Waals surface area contributed by atoms with Crippen LogP contribution in [0.25, 0.3) is 0 Å². The van der Waals surface area contributed by atoms with Gasteiger partial charge >= 0.3 is 0 Å². The summed E-state index contributed by atoms with van der Waals surface area (Å²) in [4.78, 5) is 11.7. The molecule has 0 atom stereocenters. The number of hydrogen-bond acceptors (Lipinski definition) is 5. The van der Waals surface area contributed by atoms with Crippen molar-refractivity contribution in [3.8, 4) is 0 Å². The topological polar surface area (TPSA) is 98.4 Å². The summed E-state index contributed by atoms with van der Waals surface area (Å²) in [5.41, 5.74) is 13.4. The Kier molecular flexibility index (Phi) is 5.81. The van der Waals surface area contributed by atoms with Crippen LogP contribution in [0.2, 0.25) is 0 Å². The molecule has 0 spiro atoms. The summed E-state index contributed by atoms with van der Waals surface area (Å²) in [7, 11) is 0. The lowest BCUT2D eigenvalue weighted by Crippen LogP contribution is -2.29. The Morgan fingerprint density at radius 1 is 1.37 bits per heavy atom. The van der Waals surface area contributed by atoms with Crippen LogP contribution in [0.4, 0.5) is 0 Å². The first-order chi connectivity index (χ1) is 9.06. The first-order valence-corrected chi connectivity index (χ1v) is 6.20. The lowest BCUT2D eigenvalue weighted by molar-refractivity contribution is -0.404. The van der Waals surface area contributed by atoms with Gasteiger partial charge < -0.3 is 16.4 Å². The van der Waals surface area contributed by atoms with Crippen molar-refractivity contribution in [2.24, 2.45) is 11.5 Å². The first kappa shape index (κ1) is 15.0. The Bertz CT molecular complexity index is 442. The largest absolute Gasteiger partial charge is 0.380 e. The second kappa shape index (κ2) is 7.38. The van der Waals surface area contributed by atoms with Crippen molar-refractivity contribution in [3.05, 3.63) is 57.5 Å². The van der Waals surface area contributed by atoms with Crippen LogP contribution in [0.3, 0.4) is 0 Å². The predicted molar refractivity (Wildman–Crippen MR) is 74.3 cm³/mol. The van der Waals surface area contributed by atoms with Crippen molar-refractivity contribution in [1.29, 1.82) is 0 Å². The zero-order chi connectivity index (χ0) is 14.3. The molecule has 4 N–H and O–H groups in total. The Labute approximate surface area is 112 Å². The van der Waals surface area contributed by atoms with Crippen molar-refractivity contribution < 1.29 is 4.92 Å². The molecule has 0 radical (unpaired) electrons. The Hall–Kier alpha value is -2.08. The average Bonchev–Trinajstić information content (AvgIpc) is 2.38. The van der Waals surface area contributed by atoms with Crippen molar-refractivity contribution in [2.45, 2.75) is 26.4 Å². The maximum atomic E-state index is 10.5. The third-order valence-corrected chi connectivity index (χ3v) is 2.73. The number of nitro groups is 1. The monoisotopic (exact) mass is 264 g/mol. The van der Waals surface area contributed by atoms with Gasteiger partial charge in [-0.3, -0.25) is 10.1 Å². The molecule has 6 heteroatoms. The van der Waals surface area contributed by atoms with E-state index >= 15 is 0 Å². The van der Waals surface area contributed by atoms with E-state index in [9.17, 15) is 10.1 Å². The molecule has 1 aromatic carbocycles. The van der Waals surface area contributed by atoms with Gasteiger partial charge in [0.1, 0.15) is 0 Å². The minimum absolute atomic E-state index is 0.176. The maximum absolute atomic E-state index is 10.5. The Morgan fingerprint density at radius 2 is 1.95 bits per heavy atom. The van der Waals surface area contributed by atoms with Crippen LogP contribution in [0, 0.1) is 10.1 Å². The minimum Gasteiger partial charge on any atom is -0.380 e. The van der Waals surface area contributed by atoms with Crippen molar-refractivity contribution >= 4 is 0 Å². The van der Waals surface area contributed by atoms with E-state index in [1.807, 2.05) is 31.2 Å². The number of hydrogen-bond donors (Lipinski definition) is 2. The predicted octanol–water partition coefficient (Wildman–Crippen LogP) is 1.39. The number of nitrogens with zero attached hydrogens (tertiary/aromatic N) is 2. The molecule has 1 aromatic rings. The molecule has 19 heavy (non-hydrogen) atoms. The van der Waals surface area contributed by atoms with E-state index in [-0.39, 0.29) is 5.82 Å². The van der Waals surface area contributed by atoms with Gasteiger partial charge in [0.2, 0.25) is 0 Å². The van der Waals surface area contributed by atoms with Crippen LogP contribution in [0.15, 0.2) is 36.3 Å². The van der Waals surface area contributed by atoms with E-state index in [4.69, 9.17) is 11.5 Å². The van der Waals surface area contributed by atoms with Crippen LogP contribution in [0.1, 0.15) is 24.5 Å². The van der Waals surface area contributed by atoms with Gasteiger partial charge in [-0.2, -0.15) is 0 Å². The second-order valence-corrected chi connectivity index (χ2v) is 4.28. The molecule has 0 bridgehead atoms. The van der Waals surface area contributed by atoms with Crippen LogP contribution >= 0.6 is 0 Å². The van der Waals surface area contributed by atoms with Crippen molar-refractivity contribution in [3.63, 3.8) is 0 Å². The summed E-state index contributed by atoms with van der Waals surface area (Å²) >= 11 is 0. The van der Waals surface area contributed by atoms with Gasteiger partial charge in [-0.1, -0.05) is 31.2 Å². The fraction of sp³-hybridized carbons (Fsp3) is 0.385. The van der Waals surface area contributed by atoms with Crippen LogP contribution in [-0.4, -0.2) is 16.4 Å². The van der Waals surface area contributed by atoms with Crippen molar-refractivity contribution in [2.75, 3.05) is 6.54 Å². The normalized spacial score (nSPS) is 11.4. The summed E-state index contributed by atoms with van der Waals surface area (Å²) in [6.07, 6.45) is 1.71. The lowest BCUT2D eigenvalue weighted by atomic mass is 10.1. The van der Waals surface area contributed by atoms with E-state index in [1.54, 1.807) is 4.90 Å². The summed E-state index contributed by atoms with van der Waals surface area (Å²) < 4.78 is 0. The second-order valence-electron chi connectivity index (χ2n) is 4.28. The number of rotatable bonds is 7. The third kappa shape index (κ3) is 4.97. The average molecular weight is 264 g/mol. The van der Waals surface area contributed by atoms with Crippen LogP contribution in [-0.2, 0) is 13.1 Å². The number of nitrogens with two attached hydrogens (primary N) is 2. The van der Waals surface area contributed by atoms with Crippen LogP contribution in [0.5, 0.6) is 0 Å². The third-order valence-electron chi connectivity index (χ3n) is 2.73. The first-order valence-electron chi connectivity index (χ1n) is 6.20. The quantitative estimate of drug-likeness (QED) is 0.573. The number of benzene rings is 1. The highest BCUT2D eigenvalue weighted by Gasteiger charge is 2.09. The van der Waals surface area contributed by atoms with Crippen molar-refractivity contribution in [1.82, 2.24) is 4.90 Å². The van der Waals surface area contributed by atoms with E-state index in [0.717, 1.165) is 23.7 Å². The molecule has 0 unspecified atom stereocenters. The molecule has 104 valence electrons. The van der Waals surface area contributed by atoms with E-state index < -0.39 is 4.92 Å². The molecule has 0 aliphatic carbocycles. The molecular weight excluding hydrogens is 244 g/mol. The summed E-state index contributed by atoms with van der Waals surface area (Å²) in [6.45, 7) is 3.73. The molecule has 6 nitrogen and oxygen atoms in total. The standard InChI is InChI=1S/C13H20N4O2/c1-2-7-16(13(15)10-17(18)19)9-12-5-3-11(8-14)4-6-12/h3-6,10H,2,7-9,14-15H2,1H3. The molecule has 0 amide bonds. The van der Waals surface area contributed by atoms with Gasteiger partial charge in [0, 0.05) is 19.6 Å². The molecule has 0 aliphatic heterocycles. The molecule has 0 fully saturated rings. The highest BCUT2D eigenvalue weighted by molar-refractivity contribution is 5.22. The fourth-order valence-electron chi connectivity index (χ4n) is 1.76. The highest BCUT2D eigenvalue weighted by Crippen LogP contribution is 2.10. The fourth-order valence-corrected chi connectivity index (χ4v) is 1.76. The lowest BCUT2D eigenvalue weighted by Gasteiger charge is -2.22. The van der Waals surface area contributed by atoms with Gasteiger partial charge in [0.25, 0.3) is 6.20 Å². The van der Waals surface area contributed by atoms with E-state index in [1.165, 1.54) is 0 Å². The summed E-state index contributed by atoms with van der Waals surface area (Å²) in [5.74, 6) is 0.176. The molecular formula is C13H20N4O2. The Morgan fingerprint density at radius 3 is 2.42 bits per heavy atom. The summed E-state index contributed by atoms with van der Waals surface area (Å²) in [6, 6.07) is 7.83. The van der Waals surface area contributed by atoms with Crippen LogP contribution < -0.4 is 11.5 Å². The van der Waals surface area contributed by atoms with Gasteiger partial charge in [0.05, 0.1) is 4.92 Å². The van der Waals surface area contributed by atoms with Gasteiger partial charge in [-0.15, -0.1) is 0 Å². The molecule has 0 heterocycles. The van der Waals surface area contributed by atoms with Gasteiger partial charge in [-0.05, 0) is 17.5 Å². The molecule has 0 aliphatic rings.